The van der Waals surface area contributed by atoms with Crippen LogP contribution in [0.1, 0.15) is 6.92 Å². The number of rotatable bonds is 3. The molecular formula is C13H18ClF2N3O. The molecule has 0 saturated carbocycles. The summed E-state index contributed by atoms with van der Waals surface area (Å²) in [4.78, 5) is 13.9. The lowest BCUT2D eigenvalue weighted by Gasteiger charge is -2.33. The van der Waals surface area contributed by atoms with Gasteiger partial charge in [-0.25, -0.2) is 8.78 Å². The molecule has 1 aliphatic rings. The predicted molar refractivity (Wildman–Crippen MR) is 76.1 cm³/mol. The number of carbonyl (C=O) groups is 1. The SMILES string of the molecule is CC1CNCCN1CC(=O)Nc1ccc(F)cc1F.Cl. The maximum absolute atomic E-state index is 13.4. The summed E-state index contributed by atoms with van der Waals surface area (Å²) in [7, 11) is 0. The second-order valence-electron chi connectivity index (χ2n) is 4.70. The maximum atomic E-state index is 13.4. The van der Waals surface area contributed by atoms with Gasteiger partial charge in [-0.05, 0) is 19.1 Å². The third-order valence-corrected chi connectivity index (χ3v) is 3.19. The highest BCUT2D eigenvalue weighted by Gasteiger charge is 2.20. The van der Waals surface area contributed by atoms with Gasteiger partial charge in [0.1, 0.15) is 11.6 Å². The van der Waals surface area contributed by atoms with Crippen LogP contribution in [0.3, 0.4) is 0 Å². The highest BCUT2D eigenvalue weighted by atomic mass is 35.5. The Bertz CT molecular complexity index is 473. The summed E-state index contributed by atoms with van der Waals surface area (Å²) in [5.41, 5.74) is 0.00851. The van der Waals surface area contributed by atoms with Gasteiger partial charge in [-0.15, -0.1) is 12.4 Å². The van der Waals surface area contributed by atoms with E-state index in [4.69, 9.17) is 0 Å². The van der Waals surface area contributed by atoms with Crippen LogP contribution in [0.15, 0.2) is 18.2 Å². The Balaban J connectivity index is 0.00000200. The Morgan fingerprint density at radius 3 is 2.90 bits per heavy atom. The third-order valence-electron chi connectivity index (χ3n) is 3.19. The number of benzene rings is 1. The Labute approximate surface area is 122 Å². The highest BCUT2D eigenvalue weighted by molar-refractivity contribution is 5.92. The number of halogens is 3. The molecule has 112 valence electrons. The number of amides is 1. The summed E-state index contributed by atoms with van der Waals surface area (Å²) >= 11 is 0. The molecule has 2 N–H and O–H groups in total. The van der Waals surface area contributed by atoms with Crippen molar-refractivity contribution in [3.8, 4) is 0 Å². The zero-order valence-corrected chi connectivity index (χ0v) is 12.0. The zero-order valence-electron chi connectivity index (χ0n) is 11.2. The van der Waals surface area contributed by atoms with Crippen molar-refractivity contribution in [2.75, 3.05) is 31.5 Å². The molecule has 0 radical (unpaired) electrons. The van der Waals surface area contributed by atoms with E-state index >= 15 is 0 Å². The maximum Gasteiger partial charge on any atom is 0.238 e. The Morgan fingerprint density at radius 1 is 1.50 bits per heavy atom. The fourth-order valence-corrected chi connectivity index (χ4v) is 2.08. The van der Waals surface area contributed by atoms with E-state index in [0.29, 0.717) is 0 Å². The van der Waals surface area contributed by atoms with E-state index in [-0.39, 0.29) is 36.6 Å². The molecule has 2 rings (SSSR count). The fraction of sp³-hybridized carbons (Fsp3) is 0.462. The van der Waals surface area contributed by atoms with Gasteiger partial charge in [-0.1, -0.05) is 0 Å². The molecule has 1 saturated heterocycles. The molecule has 1 unspecified atom stereocenters. The monoisotopic (exact) mass is 305 g/mol. The van der Waals surface area contributed by atoms with Crippen LogP contribution in [-0.2, 0) is 4.79 Å². The van der Waals surface area contributed by atoms with Gasteiger partial charge < -0.3 is 10.6 Å². The average molecular weight is 306 g/mol. The van der Waals surface area contributed by atoms with Crippen LogP contribution < -0.4 is 10.6 Å². The lowest BCUT2D eigenvalue weighted by molar-refractivity contribution is -0.118. The molecule has 0 bridgehead atoms. The molecule has 0 aliphatic carbocycles. The molecule has 1 aliphatic heterocycles. The van der Waals surface area contributed by atoms with E-state index in [0.717, 1.165) is 31.8 Å². The summed E-state index contributed by atoms with van der Waals surface area (Å²) in [6.07, 6.45) is 0. The quantitative estimate of drug-likeness (QED) is 0.892. The Hall–Kier alpha value is -1.24. The topological polar surface area (TPSA) is 44.4 Å². The number of nitrogens with one attached hydrogen (secondary N) is 2. The van der Waals surface area contributed by atoms with E-state index in [1.54, 1.807) is 0 Å². The van der Waals surface area contributed by atoms with Gasteiger partial charge in [0, 0.05) is 31.7 Å². The summed E-state index contributed by atoms with van der Waals surface area (Å²) in [5.74, 6) is -1.72. The first-order valence-corrected chi connectivity index (χ1v) is 6.26. The number of carbonyl (C=O) groups excluding carboxylic acids is 1. The van der Waals surface area contributed by atoms with Gasteiger partial charge in [0.25, 0.3) is 0 Å². The molecule has 1 aromatic rings. The molecule has 1 amide bonds. The van der Waals surface area contributed by atoms with Gasteiger partial charge in [0.05, 0.1) is 12.2 Å². The standard InChI is InChI=1S/C13H17F2N3O.ClH/c1-9-7-16-4-5-18(9)8-13(19)17-12-3-2-10(14)6-11(12)15;/h2-3,6,9,16H,4-5,7-8H2,1H3,(H,17,19);1H. The van der Waals surface area contributed by atoms with Crippen LogP contribution in [0.2, 0.25) is 0 Å². The highest BCUT2D eigenvalue weighted by Crippen LogP contribution is 2.15. The number of piperazine rings is 1. The second kappa shape index (κ2) is 7.52. The smallest absolute Gasteiger partial charge is 0.238 e. The number of hydrogen-bond donors (Lipinski definition) is 2. The van der Waals surface area contributed by atoms with Crippen molar-refractivity contribution in [1.82, 2.24) is 10.2 Å². The van der Waals surface area contributed by atoms with Crippen LogP contribution in [-0.4, -0.2) is 43.0 Å². The zero-order chi connectivity index (χ0) is 13.8. The Morgan fingerprint density at radius 2 is 2.25 bits per heavy atom. The largest absolute Gasteiger partial charge is 0.322 e. The summed E-state index contributed by atoms with van der Waals surface area (Å²) in [6.45, 7) is 4.68. The number of nitrogens with zero attached hydrogens (tertiary/aromatic N) is 1. The molecule has 4 nitrogen and oxygen atoms in total. The molecule has 1 fully saturated rings. The molecular weight excluding hydrogens is 288 g/mol. The van der Waals surface area contributed by atoms with E-state index in [2.05, 4.69) is 10.6 Å². The van der Waals surface area contributed by atoms with Crippen molar-refractivity contribution in [3.05, 3.63) is 29.8 Å². The van der Waals surface area contributed by atoms with Crippen molar-refractivity contribution >= 4 is 24.0 Å². The number of hydrogen-bond acceptors (Lipinski definition) is 3. The van der Waals surface area contributed by atoms with Crippen molar-refractivity contribution in [3.63, 3.8) is 0 Å². The van der Waals surface area contributed by atoms with Crippen LogP contribution in [0.5, 0.6) is 0 Å². The van der Waals surface area contributed by atoms with Crippen LogP contribution in [0.25, 0.3) is 0 Å². The van der Waals surface area contributed by atoms with Gasteiger partial charge in [0.2, 0.25) is 5.91 Å². The van der Waals surface area contributed by atoms with Crippen molar-refractivity contribution in [2.24, 2.45) is 0 Å². The van der Waals surface area contributed by atoms with Crippen LogP contribution in [0, 0.1) is 11.6 Å². The minimum atomic E-state index is -0.762. The minimum absolute atomic E-state index is 0. The minimum Gasteiger partial charge on any atom is -0.322 e. The van der Waals surface area contributed by atoms with Crippen molar-refractivity contribution in [1.29, 1.82) is 0 Å². The van der Waals surface area contributed by atoms with Gasteiger partial charge in [-0.2, -0.15) is 0 Å². The predicted octanol–water partition coefficient (Wildman–Crippen LogP) is 1.62. The van der Waals surface area contributed by atoms with Gasteiger partial charge in [-0.3, -0.25) is 9.69 Å². The molecule has 1 atom stereocenters. The summed E-state index contributed by atoms with van der Waals surface area (Å²) in [6, 6.07) is 3.36. The first-order chi connectivity index (χ1) is 9.06. The number of anilines is 1. The molecule has 7 heteroatoms. The molecule has 1 heterocycles. The van der Waals surface area contributed by atoms with E-state index in [1.165, 1.54) is 6.07 Å². The van der Waals surface area contributed by atoms with E-state index in [9.17, 15) is 13.6 Å². The van der Waals surface area contributed by atoms with Crippen LogP contribution in [0.4, 0.5) is 14.5 Å². The molecule has 0 aromatic heterocycles. The molecule has 1 aromatic carbocycles. The summed E-state index contributed by atoms with van der Waals surface area (Å²) < 4.78 is 26.1. The average Bonchev–Trinajstić information content (AvgIpc) is 2.36. The normalized spacial score (nSPS) is 19.2. The lowest BCUT2D eigenvalue weighted by Crippen LogP contribution is -2.52. The van der Waals surface area contributed by atoms with Crippen LogP contribution >= 0.6 is 12.4 Å². The van der Waals surface area contributed by atoms with Crippen molar-refractivity contribution < 1.29 is 13.6 Å². The first kappa shape index (κ1) is 16.8. The molecule has 0 spiro atoms. The van der Waals surface area contributed by atoms with E-state index in [1.807, 2.05) is 11.8 Å². The van der Waals surface area contributed by atoms with Gasteiger partial charge in [0.15, 0.2) is 0 Å². The van der Waals surface area contributed by atoms with E-state index < -0.39 is 11.6 Å². The summed E-state index contributed by atoms with van der Waals surface area (Å²) in [5, 5.41) is 5.69. The Kier molecular flexibility index (Phi) is 6.32. The van der Waals surface area contributed by atoms with Crippen molar-refractivity contribution in [2.45, 2.75) is 13.0 Å². The fourth-order valence-electron chi connectivity index (χ4n) is 2.08. The third kappa shape index (κ3) is 4.40. The first-order valence-electron chi connectivity index (χ1n) is 6.26. The molecule has 20 heavy (non-hydrogen) atoms. The van der Waals surface area contributed by atoms with Gasteiger partial charge >= 0.3 is 0 Å². The lowest BCUT2D eigenvalue weighted by atomic mass is 10.2. The second-order valence-corrected chi connectivity index (χ2v) is 4.70.